The molecule has 0 unspecified atom stereocenters. The molecule has 4 aliphatic rings. The second-order valence-corrected chi connectivity index (χ2v) is 22.9. The second kappa shape index (κ2) is 18.6. The molecule has 0 radical (unpaired) electrons. The van der Waals surface area contributed by atoms with Gasteiger partial charge in [0.2, 0.25) is 10.0 Å². The molecule has 0 bridgehead atoms. The van der Waals surface area contributed by atoms with Crippen LogP contribution in [0.5, 0.6) is 17.2 Å². The summed E-state index contributed by atoms with van der Waals surface area (Å²) in [6, 6.07) is 26.9. The van der Waals surface area contributed by atoms with Crippen molar-refractivity contribution in [1.29, 1.82) is 0 Å². The van der Waals surface area contributed by atoms with Crippen LogP contribution in [-0.2, 0) is 39.7 Å². The number of aliphatic hydroxyl groups is 1. The van der Waals surface area contributed by atoms with Crippen LogP contribution in [0.25, 0.3) is 0 Å². The Morgan fingerprint density at radius 2 is 1.57 bits per heavy atom. The molecule has 0 aromatic heterocycles. The molecule has 1 saturated carbocycles. The number of carbonyl (C=O) groups is 1. The van der Waals surface area contributed by atoms with Crippen molar-refractivity contribution in [1.82, 2.24) is 4.31 Å². The summed E-state index contributed by atoms with van der Waals surface area (Å²) in [5, 5.41) is 12.8. The van der Waals surface area contributed by atoms with E-state index < -0.39 is 27.1 Å². The number of esters is 1. The maximum atomic E-state index is 14.4. The molecule has 0 amide bonds. The summed E-state index contributed by atoms with van der Waals surface area (Å²) in [5.41, 5.74) is 5.09. The number of aliphatic hydroxyl groups excluding tert-OH is 1. The highest BCUT2D eigenvalue weighted by Gasteiger charge is 2.47. The minimum absolute atomic E-state index is 0.00934. The van der Waals surface area contributed by atoms with Crippen molar-refractivity contribution in [3.05, 3.63) is 129 Å². The molecule has 8 rings (SSSR count). The molecule has 3 aliphatic carbocycles. The number of halogens is 1. The van der Waals surface area contributed by atoms with Crippen molar-refractivity contribution in [2.45, 2.75) is 103 Å². The van der Waals surface area contributed by atoms with Crippen LogP contribution < -0.4 is 19.1 Å². The van der Waals surface area contributed by atoms with E-state index in [0.29, 0.717) is 43.2 Å². The van der Waals surface area contributed by atoms with E-state index in [1.807, 2.05) is 101 Å². The van der Waals surface area contributed by atoms with Gasteiger partial charge in [-0.05, 0) is 165 Å². The smallest absolute Gasteiger partial charge is 0.338 e. The number of nitrogens with zero attached hydrogens (tertiary/aromatic N) is 2. The van der Waals surface area contributed by atoms with Gasteiger partial charge in [-0.25, -0.2) is 13.2 Å². The molecule has 1 fully saturated rings. The maximum Gasteiger partial charge on any atom is 0.338 e. The normalized spacial score (nSPS) is 22.3. The van der Waals surface area contributed by atoms with E-state index in [1.54, 1.807) is 24.6 Å². The van der Waals surface area contributed by atoms with Crippen LogP contribution in [0.1, 0.15) is 99.3 Å². The Labute approximate surface area is 390 Å². The van der Waals surface area contributed by atoms with E-state index in [9.17, 15) is 18.3 Å². The van der Waals surface area contributed by atoms with Crippen molar-refractivity contribution >= 4 is 33.3 Å². The second-order valence-electron chi connectivity index (χ2n) is 20.5. The number of benzene rings is 4. The molecule has 0 saturated heterocycles. The molecule has 348 valence electrons. The van der Waals surface area contributed by atoms with Crippen LogP contribution in [0.2, 0.25) is 5.02 Å². The quantitative estimate of drug-likeness (QED) is 0.0919. The van der Waals surface area contributed by atoms with Crippen LogP contribution in [-0.4, -0.2) is 75.2 Å². The Hall–Kier alpha value is -4.55. The van der Waals surface area contributed by atoms with Crippen molar-refractivity contribution in [3.8, 4) is 17.2 Å². The molecule has 12 heteroatoms. The van der Waals surface area contributed by atoms with Crippen LogP contribution in [0.15, 0.2) is 96.6 Å². The number of anilines is 1. The minimum atomic E-state index is -3.75. The average Bonchev–Trinajstić information content (AvgIpc) is 3.37. The number of rotatable bonds is 15. The Balaban J connectivity index is 0.993. The molecule has 10 nitrogen and oxygen atoms in total. The van der Waals surface area contributed by atoms with E-state index in [-0.39, 0.29) is 48.0 Å². The van der Waals surface area contributed by atoms with Crippen LogP contribution in [0, 0.1) is 23.2 Å². The third-order valence-corrected chi connectivity index (χ3v) is 16.6. The first kappa shape index (κ1) is 47.0. The monoisotopic (exact) mass is 924 g/mol. The summed E-state index contributed by atoms with van der Waals surface area (Å²) in [6.07, 6.45) is 6.97. The lowest BCUT2D eigenvalue weighted by Gasteiger charge is -2.48. The minimum Gasteiger partial charge on any atom is -0.497 e. The summed E-state index contributed by atoms with van der Waals surface area (Å²) in [5.74, 6) is 1.98. The molecule has 1 heterocycles. The lowest BCUT2D eigenvalue weighted by molar-refractivity contribution is 0.00694. The molecule has 5 atom stereocenters. The number of hydrogen-bond acceptors (Lipinski definition) is 9. The number of ether oxygens (including phenoxy) is 4. The highest BCUT2D eigenvalue weighted by Crippen LogP contribution is 2.50. The fraction of sp³-hybridized carbons (Fsp3) is 0.491. The van der Waals surface area contributed by atoms with Crippen LogP contribution in [0.4, 0.5) is 5.69 Å². The lowest BCUT2D eigenvalue weighted by Crippen LogP contribution is -2.50. The Kier molecular flexibility index (Phi) is 13.5. The SMILES string of the molecule is COc1ccc(CN(Cc2ccc(OC)cc2)S(=O)(=O)CC(C)(C)[C@@H]2C=C([C@H](O)[C@@H]3CC[C@H]3CN3C[C@@]4(CCCc5cc(Cl)ccc54)COc4ccc(C(=O)OC(C)(C)C)cc43)C2)cc1. The Morgan fingerprint density at radius 1 is 0.923 bits per heavy atom. The topological polar surface area (TPSA) is 115 Å². The molecule has 4 aromatic carbocycles. The van der Waals surface area contributed by atoms with E-state index in [0.717, 1.165) is 65.3 Å². The summed E-state index contributed by atoms with van der Waals surface area (Å²) in [7, 11) is -0.529. The fourth-order valence-corrected chi connectivity index (χ4v) is 12.6. The Bertz CT molecular complexity index is 2450. The number of fused-ring (bicyclic) bond motifs is 3. The summed E-state index contributed by atoms with van der Waals surface area (Å²) in [4.78, 5) is 15.8. The van der Waals surface area contributed by atoms with Gasteiger partial charge in [-0.1, -0.05) is 61.9 Å². The first-order valence-corrected chi connectivity index (χ1v) is 25.0. The van der Waals surface area contributed by atoms with E-state index in [4.69, 9.17) is 30.5 Å². The highest BCUT2D eigenvalue weighted by molar-refractivity contribution is 7.89. The first-order chi connectivity index (χ1) is 30.8. The zero-order valence-corrected chi connectivity index (χ0v) is 40.5. The van der Waals surface area contributed by atoms with Gasteiger partial charge in [0.05, 0.1) is 43.9 Å². The standard InChI is InChI=1S/C53H65ClN2O8S/c1-51(2,3)64-50(58)38-15-23-48-47(28-38)55(32-53(33-63-48)24-8-9-37-27-42(54)16-22-46(37)53)31-39-14-21-45(39)49(57)40-25-41(26-40)52(4,5)34-65(59,60)56(29-35-10-17-43(61-6)18-11-35)30-36-12-19-44(62-7)20-13-36/h10-13,15-20,22-23,25,27-28,39,41,45,49,57H,8-9,14,21,24,26,29-34H2,1-7H3/t39-,41+,45+,49-,53-/m0/s1. The molecule has 4 aromatic rings. The predicted octanol–water partition coefficient (Wildman–Crippen LogP) is 10.2. The largest absolute Gasteiger partial charge is 0.497 e. The number of methoxy groups -OCH3 is 2. The van der Waals surface area contributed by atoms with Crippen molar-refractivity contribution in [2.24, 2.45) is 23.2 Å². The van der Waals surface area contributed by atoms with Gasteiger partial charge in [-0.2, -0.15) is 4.31 Å². The third-order valence-electron chi connectivity index (χ3n) is 14.2. The fourth-order valence-electron chi connectivity index (χ4n) is 10.4. The van der Waals surface area contributed by atoms with E-state index >= 15 is 0 Å². The Morgan fingerprint density at radius 3 is 2.15 bits per heavy atom. The van der Waals surface area contributed by atoms with Crippen LogP contribution >= 0.6 is 11.6 Å². The van der Waals surface area contributed by atoms with Gasteiger partial charge >= 0.3 is 5.97 Å². The summed E-state index contributed by atoms with van der Waals surface area (Å²) in [6.45, 7) is 12.0. The molecule has 1 aliphatic heterocycles. The average molecular weight is 926 g/mol. The van der Waals surface area contributed by atoms with Gasteiger partial charge < -0.3 is 29.0 Å². The first-order valence-electron chi connectivity index (χ1n) is 23.0. The highest BCUT2D eigenvalue weighted by atomic mass is 35.5. The van der Waals surface area contributed by atoms with E-state index in [1.165, 1.54) is 11.1 Å². The van der Waals surface area contributed by atoms with Gasteiger partial charge in [0.15, 0.2) is 0 Å². The van der Waals surface area contributed by atoms with Crippen molar-refractivity contribution in [3.63, 3.8) is 0 Å². The molecule has 1 N–H and O–H groups in total. The molecular formula is C53H65ClN2O8S. The van der Waals surface area contributed by atoms with Gasteiger partial charge in [-0.15, -0.1) is 0 Å². The third kappa shape index (κ3) is 10.4. The lowest BCUT2D eigenvalue weighted by atomic mass is 9.62. The number of carbonyl (C=O) groups excluding carboxylic acids is 1. The van der Waals surface area contributed by atoms with E-state index in [2.05, 4.69) is 23.1 Å². The summed E-state index contributed by atoms with van der Waals surface area (Å²) < 4.78 is 53.6. The van der Waals surface area contributed by atoms with Crippen LogP contribution in [0.3, 0.4) is 0 Å². The van der Waals surface area contributed by atoms with Gasteiger partial charge in [0.25, 0.3) is 0 Å². The molecule has 65 heavy (non-hydrogen) atoms. The van der Waals surface area contributed by atoms with Gasteiger partial charge in [0, 0.05) is 36.6 Å². The molecule has 1 spiro atoms. The zero-order chi connectivity index (χ0) is 46.3. The summed E-state index contributed by atoms with van der Waals surface area (Å²) >= 11 is 6.51. The predicted molar refractivity (Wildman–Crippen MR) is 257 cm³/mol. The zero-order valence-electron chi connectivity index (χ0n) is 38.9. The van der Waals surface area contributed by atoms with Crippen molar-refractivity contribution < 1.29 is 37.3 Å². The number of sulfonamides is 1. The number of allylic oxidation sites excluding steroid dienone is 1. The van der Waals surface area contributed by atoms with Gasteiger partial charge in [-0.3, -0.25) is 0 Å². The number of hydrogen-bond donors (Lipinski definition) is 1. The molecular weight excluding hydrogens is 860 g/mol. The number of aryl methyl sites for hydroxylation is 1. The van der Waals surface area contributed by atoms with Crippen molar-refractivity contribution in [2.75, 3.05) is 44.6 Å². The maximum absolute atomic E-state index is 14.4. The van der Waals surface area contributed by atoms with Gasteiger partial charge in [0.1, 0.15) is 22.8 Å².